The Kier molecular flexibility index (Phi) is 4.32. The van der Waals surface area contributed by atoms with E-state index in [0.717, 1.165) is 0 Å². The zero-order chi connectivity index (χ0) is 10.7. The number of anilines is 1. The molecule has 5 heteroatoms. The number of aliphatic hydroxyl groups excluding tert-OH is 1. The maximum absolute atomic E-state index is 8.85. The summed E-state index contributed by atoms with van der Waals surface area (Å²) in [6.45, 7) is 1.86. The molecule has 1 rings (SSSR count). The van der Waals surface area contributed by atoms with Gasteiger partial charge >= 0.3 is 0 Å². The quantitative estimate of drug-likeness (QED) is 0.810. The molecule has 78 valence electrons. The summed E-state index contributed by atoms with van der Waals surface area (Å²) in [7, 11) is 0. The van der Waals surface area contributed by atoms with E-state index in [-0.39, 0.29) is 12.6 Å². The van der Waals surface area contributed by atoms with Crippen LogP contribution in [0.4, 0.5) is 5.69 Å². The van der Waals surface area contributed by atoms with Crippen molar-refractivity contribution >= 4 is 40.5 Å². The van der Waals surface area contributed by atoms with E-state index in [0.29, 0.717) is 20.8 Å². The highest BCUT2D eigenvalue weighted by Gasteiger charge is 2.07. The van der Waals surface area contributed by atoms with E-state index in [1.807, 2.05) is 6.92 Å². The second-order valence-electron chi connectivity index (χ2n) is 2.97. The Labute approximate surface area is 97.8 Å². The number of nitrogens with one attached hydrogen (secondary N) is 1. The summed E-state index contributed by atoms with van der Waals surface area (Å²) < 4.78 is 0. The zero-order valence-corrected chi connectivity index (χ0v) is 9.79. The van der Waals surface area contributed by atoms with Gasteiger partial charge in [-0.15, -0.1) is 0 Å². The van der Waals surface area contributed by atoms with Crippen LogP contribution in [0, 0.1) is 0 Å². The molecule has 0 heterocycles. The predicted molar refractivity (Wildman–Crippen MR) is 61.6 cm³/mol. The van der Waals surface area contributed by atoms with Gasteiger partial charge in [-0.2, -0.15) is 0 Å². The maximum Gasteiger partial charge on any atom is 0.0653 e. The van der Waals surface area contributed by atoms with Crippen molar-refractivity contribution in [2.45, 2.75) is 13.0 Å². The molecular weight excluding hydrogens is 244 g/mol. The topological polar surface area (TPSA) is 32.3 Å². The average Bonchev–Trinajstić information content (AvgIpc) is 2.14. The molecule has 0 amide bonds. The van der Waals surface area contributed by atoms with Crippen molar-refractivity contribution in [2.75, 3.05) is 11.9 Å². The van der Waals surface area contributed by atoms with Gasteiger partial charge < -0.3 is 10.4 Å². The van der Waals surface area contributed by atoms with Crippen molar-refractivity contribution in [3.8, 4) is 0 Å². The Balaban J connectivity index is 2.92. The molecule has 0 saturated carbocycles. The van der Waals surface area contributed by atoms with E-state index < -0.39 is 0 Å². The molecule has 0 bridgehead atoms. The molecule has 0 fully saturated rings. The van der Waals surface area contributed by atoms with Gasteiger partial charge in [0.25, 0.3) is 0 Å². The summed E-state index contributed by atoms with van der Waals surface area (Å²) in [6.07, 6.45) is 0. The number of hydrogen-bond donors (Lipinski definition) is 2. The van der Waals surface area contributed by atoms with Crippen molar-refractivity contribution in [3.05, 3.63) is 27.2 Å². The largest absolute Gasteiger partial charge is 0.394 e. The van der Waals surface area contributed by atoms with Gasteiger partial charge in [0.05, 0.1) is 27.4 Å². The number of hydrogen-bond acceptors (Lipinski definition) is 2. The first-order valence-corrected chi connectivity index (χ1v) is 5.20. The van der Waals surface area contributed by atoms with Crippen LogP contribution >= 0.6 is 34.8 Å². The normalized spacial score (nSPS) is 12.6. The lowest BCUT2D eigenvalue weighted by Gasteiger charge is -2.14. The second kappa shape index (κ2) is 5.08. The molecule has 1 aromatic rings. The number of halogens is 3. The van der Waals surface area contributed by atoms with Crippen LogP contribution in [0.2, 0.25) is 15.1 Å². The molecule has 0 aliphatic rings. The highest BCUT2D eigenvalue weighted by Crippen LogP contribution is 2.32. The molecule has 1 unspecified atom stereocenters. The summed E-state index contributed by atoms with van der Waals surface area (Å²) >= 11 is 17.5. The summed E-state index contributed by atoms with van der Waals surface area (Å²) in [5.74, 6) is 0. The standard InChI is InChI=1S/C9H10Cl3NO/c1-5(4-14)13-9-3-7(11)6(10)2-8(9)12/h2-3,5,13-14H,4H2,1H3. The van der Waals surface area contributed by atoms with Gasteiger partial charge in [-0.1, -0.05) is 34.8 Å². The number of benzene rings is 1. The first-order valence-electron chi connectivity index (χ1n) is 4.06. The molecule has 1 aromatic carbocycles. The maximum atomic E-state index is 8.85. The molecule has 2 nitrogen and oxygen atoms in total. The van der Waals surface area contributed by atoms with Crippen LogP contribution in [0.15, 0.2) is 12.1 Å². The highest BCUT2D eigenvalue weighted by atomic mass is 35.5. The van der Waals surface area contributed by atoms with Crippen LogP contribution in [0.3, 0.4) is 0 Å². The van der Waals surface area contributed by atoms with Gasteiger partial charge in [0.1, 0.15) is 0 Å². The molecule has 0 spiro atoms. The Morgan fingerprint density at radius 2 is 1.79 bits per heavy atom. The lowest BCUT2D eigenvalue weighted by molar-refractivity contribution is 0.281. The average molecular weight is 255 g/mol. The van der Waals surface area contributed by atoms with E-state index in [9.17, 15) is 0 Å². The summed E-state index contributed by atoms with van der Waals surface area (Å²) in [5.41, 5.74) is 0.669. The molecule has 0 aliphatic carbocycles. The summed E-state index contributed by atoms with van der Waals surface area (Å²) in [6, 6.07) is 3.13. The van der Waals surface area contributed by atoms with Gasteiger partial charge in [-0.3, -0.25) is 0 Å². The summed E-state index contributed by atoms with van der Waals surface area (Å²) in [5, 5.41) is 13.2. The third-order valence-corrected chi connectivity index (χ3v) is 2.72. The van der Waals surface area contributed by atoms with E-state index in [1.165, 1.54) is 0 Å². The predicted octanol–water partition coefficient (Wildman–Crippen LogP) is 3.44. The minimum absolute atomic E-state index is 0.0244. The van der Waals surface area contributed by atoms with E-state index in [2.05, 4.69) is 5.32 Å². The Hall–Kier alpha value is -0.150. The molecular formula is C9H10Cl3NO. The molecule has 1 atom stereocenters. The van der Waals surface area contributed by atoms with Gasteiger partial charge in [0.15, 0.2) is 0 Å². The van der Waals surface area contributed by atoms with E-state index in [4.69, 9.17) is 39.9 Å². The summed E-state index contributed by atoms with van der Waals surface area (Å²) in [4.78, 5) is 0. The first-order chi connectivity index (χ1) is 6.54. The molecule has 0 saturated heterocycles. The molecule has 2 N–H and O–H groups in total. The molecule has 0 radical (unpaired) electrons. The van der Waals surface area contributed by atoms with Crippen molar-refractivity contribution in [3.63, 3.8) is 0 Å². The number of aliphatic hydroxyl groups is 1. The van der Waals surface area contributed by atoms with Gasteiger partial charge in [0.2, 0.25) is 0 Å². The van der Waals surface area contributed by atoms with Gasteiger partial charge in [0, 0.05) is 6.04 Å². The molecule has 0 aromatic heterocycles. The fourth-order valence-corrected chi connectivity index (χ4v) is 1.55. The van der Waals surface area contributed by atoms with Crippen LogP contribution < -0.4 is 5.32 Å². The molecule has 0 aliphatic heterocycles. The van der Waals surface area contributed by atoms with Crippen LogP contribution in [-0.2, 0) is 0 Å². The number of rotatable bonds is 3. The van der Waals surface area contributed by atoms with Crippen molar-refractivity contribution in [1.29, 1.82) is 0 Å². The zero-order valence-electron chi connectivity index (χ0n) is 7.52. The monoisotopic (exact) mass is 253 g/mol. The Bertz CT molecular complexity index is 330. The smallest absolute Gasteiger partial charge is 0.0653 e. The van der Waals surface area contributed by atoms with Crippen LogP contribution in [0.25, 0.3) is 0 Å². The van der Waals surface area contributed by atoms with Crippen LogP contribution in [0.1, 0.15) is 6.92 Å². The molecule has 14 heavy (non-hydrogen) atoms. The third kappa shape index (κ3) is 2.92. The Morgan fingerprint density at radius 1 is 1.21 bits per heavy atom. The van der Waals surface area contributed by atoms with E-state index >= 15 is 0 Å². The fraction of sp³-hybridized carbons (Fsp3) is 0.333. The second-order valence-corrected chi connectivity index (χ2v) is 4.20. The minimum atomic E-state index is -0.0789. The SMILES string of the molecule is CC(CO)Nc1cc(Cl)c(Cl)cc1Cl. The fourth-order valence-electron chi connectivity index (χ4n) is 0.944. The third-order valence-electron chi connectivity index (χ3n) is 1.69. The minimum Gasteiger partial charge on any atom is -0.394 e. The lowest BCUT2D eigenvalue weighted by atomic mass is 10.2. The highest BCUT2D eigenvalue weighted by molar-refractivity contribution is 6.44. The van der Waals surface area contributed by atoms with Crippen molar-refractivity contribution in [2.24, 2.45) is 0 Å². The lowest BCUT2D eigenvalue weighted by Crippen LogP contribution is -2.19. The van der Waals surface area contributed by atoms with Crippen molar-refractivity contribution in [1.82, 2.24) is 0 Å². The first kappa shape index (κ1) is 11.9. The van der Waals surface area contributed by atoms with Crippen molar-refractivity contribution < 1.29 is 5.11 Å². The van der Waals surface area contributed by atoms with Gasteiger partial charge in [-0.25, -0.2) is 0 Å². The van der Waals surface area contributed by atoms with Crippen LogP contribution in [0.5, 0.6) is 0 Å². The van der Waals surface area contributed by atoms with E-state index in [1.54, 1.807) is 12.1 Å². The van der Waals surface area contributed by atoms with Gasteiger partial charge in [-0.05, 0) is 19.1 Å². The Morgan fingerprint density at radius 3 is 2.36 bits per heavy atom. The van der Waals surface area contributed by atoms with Crippen LogP contribution in [-0.4, -0.2) is 17.8 Å².